The number of nitrogens with zero attached hydrogens (tertiary/aromatic N) is 3. The van der Waals surface area contributed by atoms with Crippen LogP contribution in [0, 0.1) is 5.41 Å². The maximum absolute atomic E-state index is 8.66. The van der Waals surface area contributed by atoms with Crippen molar-refractivity contribution in [3.8, 4) is 5.75 Å². The second-order valence-electron chi connectivity index (χ2n) is 7.18. The van der Waals surface area contributed by atoms with Gasteiger partial charge in [0.05, 0.1) is 15.8 Å². The predicted molar refractivity (Wildman–Crippen MR) is 132 cm³/mol. The molecule has 32 heavy (non-hydrogen) atoms. The Morgan fingerprint density at radius 3 is 2.47 bits per heavy atom. The number of nitrogens with one attached hydrogen (secondary N) is 1. The van der Waals surface area contributed by atoms with Crippen LogP contribution in [0.3, 0.4) is 0 Å². The van der Waals surface area contributed by atoms with Gasteiger partial charge in [-0.15, -0.1) is 0 Å². The summed E-state index contributed by atoms with van der Waals surface area (Å²) < 4.78 is 5.85. The zero-order valence-corrected chi connectivity index (χ0v) is 19.4. The van der Waals surface area contributed by atoms with Crippen molar-refractivity contribution >= 4 is 52.2 Å². The maximum atomic E-state index is 8.66. The molecule has 166 valence electrons. The van der Waals surface area contributed by atoms with Gasteiger partial charge in [-0.1, -0.05) is 23.2 Å². The summed E-state index contributed by atoms with van der Waals surface area (Å²) in [6.07, 6.45) is 3.70. The molecule has 1 atom stereocenters. The zero-order chi connectivity index (χ0) is 22.7. The first-order valence-corrected chi connectivity index (χ1v) is 11.8. The van der Waals surface area contributed by atoms with Crippen LogP contribution in [0.25, 0.3) is 0 Å². The number of aromatic nitrogens is 2. The van der Waals surface area contributed by atoms with Crippen molar-refractivity contribution in [2.75, 3.05) is 35.2 Å². The summed E-state index contributed by atoms with van der Waals surface area (Å²) in [5.41, 5.74) is 14.6. The molecule has 3 aromatic rings. The van der Waals surface area contributed by atoms with Crippen molar-refractivity contribution in [3.05, 3.63) is 75.7 Å². The minimum Gasteiger partial charge on any atom is -0.471 e. The van der Waals surface area contributed by atoms with E-state index in [1.807, 2.05) is 23.9 Å². The van der Waals surface area contributed by atoms with Crippen molar-refractivity contribution in [1.29, 1.82) is 5.41 Å². The minimum atomic E-state index is -0.910. The van der Waals surface area contributed by atoms with Crippen LogP contribution in [0.15, 0.2) is 48.9 Å². The van der Waals surface area contributed by atoms with Crippen LogP contribution in [0.5, 0.6) is 5.75 Å². The van der Waals surface area contributed by atoms with Gasteiger partial charge in [-0.3, -0.25) is 16.1 Å². The Hall–Kier alpha value is -2.52. The van der Waals surface area contributed by atoms with Crippen LogP contribution < -0.4 is 21.1 Å². The van der Waals surface area contributed by atoms with Crippen LogP contribution >= 0.6 is 35.0 Å². The molecule has 0 aliphatic carbocycles. The van der Waals surface area contributed by atoms with Crippen molar-refractivity contribution in [1.82, 2.24) is 9.97 Å². The normalized spacial score (nSPS) is 14.8. The monoisotopic (exact) mass is 488 g/mol. The van der Waals surface area contributed by atoms with Crippen molar-refractivity contribution in [2.45, 2.75) is 6.23 Å². The number of nitrogens with two attached hydrogens (primary N) is 2. The van der Waals surface area contributed by atoms with E-state index >= 15 is 0 Å². The average molecular weight is 489 g/mol. The van der Waals surface area contributed by atoms with E-state index in [1.165, 1.54) is 12.4 Å². The summed E-state index contributed by atoms with van der Waals surface area (Å²) in [6.45, 7) is 1.96. The first-order valence-electron chi connectivity index (χ1n) is 9.92. The highest BCUT2D eigenvalue weighted by Gasteiger charge is 2.18. The van der Waals surface area contributed by atoms with Crippen LogP contribution in [-0.2, 0) is 0 Å². The molecule has 1 aliphatic heterocycles. The molecule has 10 heteroatoms. The zero-order valence-electron chi connectivity index (χ0n) is 17.1. The van der Waals surface area contributed by atoms with Crippen LogP contribution in [0.4, 0.5) is 11.5 Å². The molecule has 1 saturated heterocycles. The van der Waals surface area contributed by atoms with E-state index in [2.05, 4.69) is 14.9 Å². The molecule has 0 saturated carbocycles. The third kappa shape index (κ3) is 4.94. The number of ether oxygens (including phenoxy) is 1. The predicted octanol–water partition coefficient (Wildman–Crippen LogP) is 4.37. The van der Waals surface area contributed by atoms with Crippen LogP contribution in [0.2, 0.25) is 10.0 Å². The molecular formula is C22H22Cl2N6OS. The molecule has 4 rings (SSSR count). The second-order valence-corrected chi connectivity index (χ2v) is 9.22. The maximum Gasteiger partial charge on any atom is 0.177 e. The Morgan fingerprint density at radius 1 is 1.09 bits per heavy atom. The Morgan fingerprint density at radius 2 is 1.81 bits per heavy atom. The van der Waals surface area contributed by atoms with E-state index in [1.54, 1.807) is 24.4 Å². The molecule has 0 radical (unpaired) electrons. The molecule has 5 N–H and O–H groups in total. The standard InChI is InChI=1S/C22H22Cl2N6OS/c23-16-11-28-12-17(24)20(16)22(27)31-14-2-3-18(25)15(9-14)21(26)13-1-4-19(29-10-13)30-5-7-32-8-6-30/h1-4,9-12,22,26H,5-8,25,27H2/t22-/m0/s1. The van der Waals surface area contributed by atoms with E-state index in [9.17, 15) is 0 Å². The molecule has 0 bridgehead atoms. The lowest BCUT2D eigenvalue weighted by Crippen LogP contribution is -2.33. The first-order chi connectivity index (χ1) is 15.4. The van der Waals surface area contributed by atoms with Crippen molar-refractivity contribution in [3.63, 3.8) is 0 Å². The molecule has 0 unspecified atom stereocenters. The number of anilines is 2. The smallest absolute Gasteiger partial charge is 0.177 e. The lowest BCUT2D eigenvalue weighted by molar-refractivity contribution is 0.214. The third-order valence-electron chi connectivity index (χ3n) is 5.10. The van der Waals surface area contributed by atoms with E-state index in [4.69, 9.17) is 44.8 Å². The molecule has 7 nitrogen and oxygen atoms in total. The molecule has 0 amide bonds. The fourth-order valence-electron chi connectivity index (χ4n) is 3.39. The summed E-state index contributed by atoms with van der Waals surface area (Å²) in [6, 6.07) is 8.87. The van der Waals surface area contributed by atoms with Crippen molar-refractivity contribution < 1.29 is 4.74 Å². The number of benzene rings is 1. The number of rotatable bonds is 6. The molecule has 2 aromatic heterocycles. The number of hydrogen-bond acceptors (Lipinski definition) is 8. The Bertz CT molecular complexity index is 1100. The van der Waals surface area contributed by atoms with Gasteiger partial charge in [0.1, 0.15) is 11.6 Å². The number of pyridine rings is 2. The van der Waals surface area contributed by atoms with Gasteiger partial charge in [0.2, 0.25) is 0 Å². The lowest BCUT2D eigenvalue weighted by Gasteiger charge is -2.27. The van der Waals surface area contributed by atoms with Crippen molar-refractivity contribution in [2.24, 2.45) is 5.73 Å². The number of halogens is 2. The van der Waals surface area contributed by atoms with E-state index < -0.39 is 6.23 Å². The number of hydrogen-bond donors (Lipinski definition) is 3. The summed E-state index contributed by atoms with van der Waals surface area (Å²) in [4.78, 5) is 10.7. The van der Waals surface area contributed by atoms with E-state index in [0.717, 1.165) is 30.4 Å². The Balaban J connectivity index is 1.54. The summed E-state index contributed by atoms with van der Waals surface area (Å²) in [5, 5.41) is 9.29. The van der Waals surface area contributed by atoms with E-state index in [-0.39, 0.29) is 5.71 Å². The summed E-state index contributed by atoms with van der Waals surface area (Å²) >= 11 is 14.3. The number of nitrogen functional groups attached to an aromatic ring is 1. The largest absolute Gasteiger partial charge is 0.471 e. The van der Waals surface area contributed by atoms with Gasteiger partial charge in [-0.2, -0.15) is 11.8 Å². The topological polar surface area (TPSA) is 114 Å². The molecular weight excluding hydrogens is 467 g/mol. The quantitative estimate of drug-likeness (QED) is 0.268. The van der Waals surface area contributed by atoms with Gasteiger partial charge in [0.25, 0.3) is 0 Å². The van der Waals surface area contributed by atoms with E-state index in [0.29, 0.717) is 38.2 Å². The molecule has 1 fully saturated rings. The SMILES string of the molecule is N=C(c1ccc(N2CCSCC2)nc1)c1cc(O[C@H](N)c2c(Cl)cncc2Cl)ccc1N. The van der Waals surface area contributed by atoms with Gasteiger partial charge in [0.15, 0.2) is 6.23 Å². The Labute approximate surface area is 200 Å². The van der Waals surface area contributed by atoms with Gasteiger partial charge >= 0.3 is 0 Å². The van der Waals surface area contributed by atoms with Gasteiger partial charge < -0.3 is 15.4 Å². The lowest BCUT2D eigenvalue weighted by atomic mass is 10.0. The fourth-order valence-corrected chi connectivity index (χ4v) is 4.88. The minimum absolute atomic E-state index is 0.245. The molecule has 3 heterocycles. The van der Waals surface area contributed by atoms with Crippen LogP contribution in [-0.4, -0.2) is 40.3 Å². The second kappa shape index (κ2) is 9.95. The number of thioether (sulfide) groups is 1. The van der Waals surface area contributed by atoms with Gasteiger partial charge in [0, 0.05) is 65.6 Å². The fraction of sp³-hybridized carbons (Fsp3) is 0.227. The highest BCUT2D eigenvalue weighted by atomic mass is 35.5. The first kappa shape index (κ1) is 22.7. The Kier molecular flexibility index (Phi) is 7.05. The molecule has 1 aromatic carbocycles. The van der Waals surface area contributed by atoms with Crippen LogP contribution in [0.1, 0.15) is 22.9 Å². The molecule has 1 aliphatic rings. The summed E-state index contributed by atoms with van der Waals surface area (Å²) in [5.74, 6) is 3.55. The van der Waals surface area contributed by atoms with Gasteiger partial charge in [-0.05, 0) is 30.3 Å². The summed E-state index contributed by atoms with van der Waals surface area (Å²) in [7, 11) is 0. The highest BCUT2D eigenvalue weighted by Crippen LogP contribution is 2.31. The highest BCUT2D eigenvalue weighted by molar-refractivity contribution is 7.99. The molecule has 0 spiro atoms. The third-order valence-corrected chi connectivity index (χ3v) is 6.65. The van der Waals surface area contributed by atoms with Gasteiger partial charge in [-0.25, -0.2) is 4.98 Å². The average Bonchev–Trinajstić information content (AvgIpc) is 2.80.